The van der Waals surface area contributed by atoms with Gasteiger partial charge < -0.3 is 20.9 Å². The maximum absolute atomic E-state index is 13.1. The monoisotopic (exact) mass is 489 g/mol. The number of carbonyl (C=O) groups excluding carboxylic acids is 2. The van der Waals surface area contributed by atoms with Crippen LogP contribution in [0.25, 0.3) is 0 Å². The molecule has 11 heteroatoms. The van der Waals surface area contributed by atoms with Crippen molar-refractivity contribution in [1.29, 1.82) is 0 Å². The SMILES string of the molecule is Cc1ccc(S(=O)(=O)N2CCC[C@H]2C(=O)N[C@@H](Cc2ccc(OCC(N)=O)cc2)C(=O)O)cc1. The lowest BCUT2D eigenvalue weighted by atomic mass is 10.1. The van der Waals surface area contributed by atoms with Crippen molar-refractivity contribution in [2.75, 3.05) is 13.2 Å². The number of nitrogens with two attached hydrogens (primary N) is 1. The molecule has 182 valence electrons. The number of carboxylic acid groups (broad SMARTS) is 1. The van der Waals surface area contributed by atoms with Gasteiger partial charge in [0.1, 0.15) is 17.8 Å². The summed E-state index contributed by atoms with van der Waals surface area (Å²) >= 11 is 0. The van der Waals surface area contributed by atoms with Crippen molar-refractivity contribution in [1.82, 2.24) is 9.62 Å². The van der Waals surface area contributed by atoms with Crippen LogP contribution in [0.1, 0.15) is 24.0 Å². The lowest BCUT2D eigenvalue weighted by Crippen LogP contribution is -2.51. The molecule has 1 saturated heterocycles. The topological polar surface area (TPSA) is 156 Å². The molecule has 0 unspecified atom stereocenters. The van der Waals surface area contributed by atoms with Crippen LogP contribution in [-0.4, -0.2) is 60.8 Å². The van der Waals surface area contributed by atoms with Crippen molar-refractivity contribution in [3.8, 4) is 5.75 Å². The highest BCUT2D eigenvalue weighted by Gasteiger charge is 2.40. The predicted molar refractivity (Wildman–Crippen MR) is 122 cm³/mol. The number of carboxylic acids is 1. The van der Waals surface area contributed by atoms with Crippen molar-refractivity contribution < 1.29 is 32.6 Å². The summed E-state index contributed by atoms with van der Waals surface area (Å²) < 4.78 is 32.5. The van der Waals surface area contributed by atoms with Gasteiger partial charge in [-0.15, -0.1) is 0 Å². The third kappa shape index (κ3) is 6.12. The van der Waals surface area contributed by atoms with Gasteiger partial charge in [0.15, 0.2) is 6.61 Å². The Hall–Kier alpha value is -3.44. The smallest absolute Gasteiger partial charge is 0.326 e. The third-order valence-electron chi connectivity index (χ3n) is 5.49. The Labute approximate surface area is 197 Å². The van der Waals surface area contributed by atoms with Crippen molar-refractivity contribution in [3.63, 3.8) is 0 Å². The van der Waals surface area contributed by atoms with E-state index in [0.29, 0.717) is 24.2 Å². The zero-order valence-electron chi connectivity index (χ0n) is 18.6. The maximum atomic E-state index is 13.1. The number of nitrogens with one attached hydrogen (secondary N) is 1. The van der Waals surface area contributed by atoms with Crippen LogP contribution in [0.5, 0.6) is 5.75 Å². The van der Waals surface area contributed by atoms with Crippen LogP contribution < -0.4 is 15.8 Å². The molecule has 0 spiro atoms. The van der Waals surface area contributed by atoms with Crippen LogP contribution in [0.3, 0.4) is 0 Å². The maximum Gasteiger partial charge on any atom is 0.326 e. The van der Waals surface area contributed by atoms with E-state index in [1.54, 1.807) is 36.4 Å². The van der Waals surface area contributed by atoms with E-state index in [1.165, 1.54) is 12.1 Å². The first-order chi connectivity index (χ1) is 16.1. The van der Waals surface area contributed by atoms with E-state index in [9.17, 15) is 27.9 Å². The number of aliphatic carboxylic acids is 1. The lowest BCUT2D eigenvalue weighted by Gasteiger charge is -2.25. The standard InChI is InChI=1S/C23H27N3O7S/c1-15-4-10-18(11-5-15)34(31,32)26-12-2-3-20(26)22(28)25-19(23(29)30)13-16-6-8-17(9-7-16)33-14-21(24)27/h4-11,19-20H,2-3,12-14H2,1H3,(H2,24,27)(H,25,28)(H,29,30)/t19-,20-/m0/s1. The van der Waals surface area contributed by atoms with Gasteiger partial charge in [-0.05, 0) is 49.6 Å². The molecule has 0 aliphatic carbocycles. The van der Waals surface area contributed by atoms with Crippen LogP contribution in [0, 0.1) is 6.92 Å². The first-order valence-electron chi connectivity index (χ1n) is 10.7. The highest BCUT2D eigenvalue weighted by Crippen LogP contribution is 2.26. The number of nitrogens with zero attached hydrogens (tertiary/aromatic N) is 1. The molecule has 34 heavy (non-hydrogen) atoms. The highest BCUT2D eigenvalue weighted by molar-refractivity contribution is 7.89. The van der Waals surface area contributed by atoms with Gasteiger partial charge >= 0.3 is 5.97 Å². The first-order valence-corrected chi connectivity index (χ1v) is 12.1. The second kappa shape index (κ2) is 10.7. The number of hydrogen-bond donors (Lipinski definition) is 3. The summed E-state index contributed by atoms with van der Waals surface area (Å²) in [5, 5.41) is 12.1. The van der Waals surface area contributed by atoms with E-state index in [2.05, 4.69) is 5.32 Å². The summed E-state index contributed by atoms with van der Waals surface area (Å²) in [5.74, 6) is -2.13. The van der Waals surface area contributed by atoms with Crippen molar-refractivity contribution in [3.05, 3.63) is 59.7 Å². The van der Waals surface area contributed by atoms with E-state index in [4.69, 9.17) is 10.5 Å². The molecule has 10 nitrogen and oxygen atoms in total. The summed E-state index contributed by atoms with van der Waals surface area (Å²) in [6.45, 7) is 1.74. The van der Waals surface area contributed by atoms with E-state index < -0.39 is 39.9 Å². The molecule has 1 aliphatic heterocycles. The Morgan fingerprint density at radius 1 is 1.15 bits per heavy atom. The van der Waals surface area contributed by atoms with Crippen molar-refractivity contribution >= 4 is 27.8 Å². The second-order valence-corrected chi connectivity index (χ2v) is 9.98. The fourth-order valence-electron chi connectivity index (χ4n) is 3.72. The Morgan fingerprint density at radius 3 is 2.38 bits per heavy atom. The normalized spacial score (nSPS) is 17.1. The van der Waals surface area contributed by atoms with Gasteiger partial charge in [0.2, 0.25) is 15.9 Å². The van der Waals surface area contributed by atoms with E-state index in [0.717, 1.165) is 9.87 Å². The van der Waals surface area contributed by atoms with Gasteiger partial charge in [-0.3, -0.25) is 9.59 Å². The van der Waals surface area contributed by atoms with Gasteiger partial charge in [0.25, 0.3) is 5.91 Å². The minimum absolute atomic E-state index is 0.0192. The molecule has 1 fully saturated rings. The fourth-order valence-corrected chi connectivity index (χ4v) is 5.37. The Balaban J connectivity index is 1.69. The van der Waals surface area contributed by atoms with Gasteiger partial charge in [0, 0.05) is 13.0 Å². The number of primary amides is 1. The molecular formula is C23H27N3O7S. The quantitative estimate of drug-likeness (QED) is 0.446. The van der Waals surface area contributed by atoms with Crippen LogP contribution in [0.15, 0.2) is 53.4 Å². The largest absolute Gasteiger partial charge is 0.484 e. The first kappa shape index (κ1) is 25.2. The van der Waals surface area contributed by atoms with Gasteiger partial charge in [-0.25, -0.2) is 13.2 Å². The number of rotatable bonds is 10. The minimum atomic E-state index is -3.90. The molecule has 0 aromatic heterocycles. The van der Waals surface area contributed by atoms with Crippen LogP contribution in [0.4, 0.5) is 0 Å². The Bertz CT molecular complexity index is 1150. The number of benzene rings is 2. The van der Waals surface area contributed by atoms with Gasteiger partial charge in [0.05, 0.1) is 4.90 Å². The molecule has 2 amide bonds. The molecule has 0 radical (unpaired) electrons. The number of sulfonamides is 1. The number of ether oxygens (including phenoxy) is 1. The van der Waals surface area contributed by atoms with E-state index in [1.807, 2.05) is 6.92 Å². The molecule has 1 aliphatic rings. The summed E-state index contributed by atoms with van der Waals surface area (Å²) in [7, 11) is -3.90. The fraction of sp³-hybridized carbons (Fsp3) is 0.348. The zero-order valence-corrected chi connectivity index (χ0v) is 19.5. The average molecular weight is 490 g/mol. The summed E-state index contributed by atoms with van der Waals surface area (Å²) in [5.41, 5.74) is 6.55. The number of carbonyl (C=O) groups is 3. The Morgan fingerprint density at radius 2 is 1.79 bits per heavy atom. The minimum Gasteiger partial charge on any atom is -0.484 e. The third-order valence-corrected chi connectivity index (χ3v) is 7.42. The zero-order chi connectivity index (χ0) is 24.9. The highest BCUT2D eigenvalue weighted by atomic mass is 32.2. The summed E-state index contributed by atoms with van der Waals surface area (Å²) in [4.78, 5) is 35.7. The molecular weight excluding hydrogens is 462 g/mol. The van der Waals surface area contributed by atoms with Crippen molar-refractivity contribution in [2.45, 2.75) is 43.2 Å². The van der Waals surface area contributed by atoms with Gasteiger partial charge in [-0.2, -0.15) is 4.31 Å². The molecule has 4 N–H and O–H groups in total. The van der Waals surface area contributed by atoms with E-state index >= 15 is 0 Å². The second-order valence-electron chi connectivity index (χ2n) is 8.09. The number of aryl methyl sites for hydroxylation is 1. The molecule has 0 bridgehead atoms. The molecule has 3 rings (SSSR count). The molecule has 1 heterocycles. The summed E-state index contributed by atoms with van der Waals surface area (Å²) in [6, 6.07) is 10.5. The number of amides is 2. The lowest BCUT2D eigenvalue weighted by molar-refractivity contribution is -0.142. The predicted octanol–water partition coefficient (Wildman–Crippen LogP) is 0.824. The molecule has 0 saturated carbocycles. The molecule has 2 aromatic carbocycles. The number of hydrogen-bond acceptors (Lipinski definition) is 6. The summed E-state index contributed by atoms with van der Waals surface area (Å²) in [6.07, 6.45) is 0.775. The average Bonchev–Trinajstić information content (AvgIpc) is 3.29. The van der Waals surface area contributed by atoms with Gasteiger partial charge in [-0.1, -0.05) is 29.8 Å². The van der Waals surface area contributed by atoms with Crippen LogP contribution >= 0.6 is 0 Å². The molecule has 2 atom stereocenters. The Kier molecular flexibility index (Phi) is 7.90. The van der Waals surface area contributed by atoms with Crippen LogP contribution in [0.2, 0.25) is 0 Å². The van der Waals surface area contributed by atoms with E-state index in [-0.39, 0.29) is 24.5 Å². The van der Waals surface area contributed by atoms with Crippen molar-refractivity contribution in [2.24, 2.45) is 5.73 Å². The molecule has 2 aromatic rings. The van der Waals surface area contributed by atoms with Crippen LogP contribution in [-0.2, 0) is 30.8 Å².